The Morgan fingerprint density at radius 1 is 0.464 bits per heavy atom. The highest BCUT2D eigenvalue weighted by atomic mass is 16.3. The molecule has 0 aliphatic rings. The van der Waals surface area contributed by atoms with Gasteiger partial charge in [0.1, 0.15) is 163 Å². The summed E-state index contributed by atoms with van der Waals surface area (Å²) in [7, 11) is 47.0. The fourth-order valence-electron chi connectivity index (χ4n) is 11.5. The van der Waals surface area contributed by atoms with E-state index < -0.39 is 0 Å². The molecule has 5 aromatic carbocycles. The van der Waals surface area contributed by atoms with Crippen molar-refractivity contribution in [2.24, 2.45) is 0 Å². The van der Waals surface area contributed by atoms with Gasteiger partial charge in [-0.05, 0) is 38.3 Å². The molecule has 8 rings (SSSR count). The Kier molecular flexibility index (Phi) is 13.5. The van der Waals surface area contributed by atoms with Gasteiger partial charge in [-0.2, -0.15) is 0 Å². The van der Waals surface area contributed by atoms with Crippen molar-refractivity contribution in [2.45, 2.75) is 6.32 Å². The Hall–Kier alpha value is -5.14. The van der Waals surface area contributed by atoms with Gasteiger partial charge in [0.05, 0.1) is 22.3 Å². The minimum absolute atomic E-state index is 0.744. The molecule has 24 heteroatoms. The molecule has 0 saturated heterocycles. The molecule has 8 aromatic rings. The Morgan fingerprint density at radius 2 is 0.899 bits per heavy atom. The van der Waals surface area contributed by atoms with Crippen LogP contribution in [0.3, 0.4) is 0 Å². The zero-order valence-corrected chi connectivity index (χ0v) is 45.6. The van der Waals surface area contributed by atoms with Gasteiger partial charge in [-0.1, -0.05) is 109 Å². The smallest absolute Gasteiger partial charge is 0.163 e. The van der Waals surface area contributed by atoms with Crippen molar-refractivity contribution in [1.29, 1.82) is 0 Å². The van der Waals surface area contributed by atoms with Crippen LogP contribution >= 0.6 is 0 Å². The lowest BCUT2D eigenvalue weighted by molar-refractivity contribution is 0.571. The number of terminal acetylenes is 1. The van der Waals surface area contributed by atoms with E-state index in [1.165, 1.54) is 115 Å². The summed E-state index contributed by atoms with van der Waals surface area (Å²) in [6.45, 7) is 0. The normalized spacial score (nSPS) is 12.3. The Bertz CT molecular complexity index is 3680. The predicted molar refractivity (Wildman–Crippen MR) is 369 cm³/mol. The SMILES string of the molecule is BC/C(B)=C(B)\C(B)=C(/C#C)c1oc(-c2c(B)c(B)c(B)c(B)c2B)c(-c2ccc(-c3nc4c(c(B)c3B)c(B)c(B)c3c(B)c(B)c(B)nc34)c3ccccc23)c1-c1c(B)c(B)c(B)c(B)c1B. The van der Waals surface area contributed by atoms with Crippen LogP contribution in [0.5, 0.6) is 0 Å². The van der Waals surface area contributed by atoms with Crippen LogP contribution in [0.2, 0.25) is 6.32 Å². The average Bonchev–Trinajstić information content (AvgIpc) is 3.70. The van der Waals surface area contributed by atoms with Crippen LogP contribution in [0.1, 0.15) is 5.76 Å². The third-order valence-corrected chi connectivity index (χ3v) is 17.6. The number of fused-ring (bicyclic) bond motifs is 4. The van der Waals surface area contributed by atoms with Gasteiger partial charge < -0.3 is 4.42 Å². The van der Waals surface area contributed by atoms with E-state index >= 15 is 0 Å². The maximum atomic E-state index is 7.70. The lowest BCUT2D eigenvalue weighted by Gasteiger charge is -2.23. The van der Waals surface area contributed by atoms with Gasteiger partial charge in [0.2, 0.25) is 0 Å². The number of hydrogen-bond acceptors (Lipinski definition) is 3. The first-order chi connectivity index (χ1) is 32.5. The molecule has 69 heavy (non-hydrogen) atoms. The Balaban J connectivity index is 1.61. The number of furan rings is 1. The van der Waals surface area contributed by atoms with Crippen molar-refractivity contribution in [3.05, 3.63) is 58.6 Å². The molecular weight excluding hydrogens is 812 g/mol. The minimum atomic E-state index is 0.744. The van der Waals surface area contributed by atoms with Gasteiger partial charge in [0.15, 0.2) is 13.6 Å². The fraction of sp³-hybridized carbons (Fsp3) is 0.0222. The summed E-state index contributed by atoms with van der Waals surface area (Å²) in [4.78, 5) is 11.0. The molecule has 3 aromatic heterocycles. The van der Waals surface area contributed by atoms with Crippen molar-refractivity contribution in [2.75, 3.05) is 0 Å². The summed E-state index contributed by atoms with van der Waals surface area (Å²) >= 11 is 0. The largest absolute Gasteiger partial charge is 0.454 e. The molecule has 0 bridgehead atoms. The lowest BCUT2D eigenvalue weighted by atomic mass is 9.58. The van der Waals surface area contributed by atoms with Crippen molar-refractivity contribution < 1.29 is 4.42 Å². The van der Waals surface area contributed by atoms with E-state index in [9.17, 15) is 0 Å². The zero-order chi connectivity index (χ0) is 50.6. The second-order valence-corrected chi connectivity index (χ2v) is 20.5. The monoisotopic (exact) mass is 867 g/mol. The van der Waals surface area contributed by atoms with Crippen molar-refractivity contribution in [1.82, 2.24) is 9.97 Å². The molecule has 0 spiro atoms. The summed E-state index contributed by atoms with van der Waals surface area (Å²) in [5.74, 6) is 4.83. The van der Waals surface area contributed by atoms with Gasteiger partial charge >= 0.3 is 0 Å². The van der Waals surface area contributed by atoms with Crippen LogP contribution in [-0.4, -0.2) is 175 Å². The maximum absolute atomic E-state index is 7.70. The predicted octanol–water partition coefficient (Wildman–Crippen LogP) is -21.9. The second kappa shape index (κ2) is 18.6. The van der Waals surface area contributed by atoms with Crippen LogP contribution in [-0.2, 0) is 0 Å². The van der Waals surface area contributed by atoms with E-state index in [1.807, 2.05) is 0 Å². The Labute approximate surface area is 429 Å². The number of hydrogen-bond donors (Lipinski definition) is 0. The molecule has 0 amide bonds. The maximum Gasteiger partial charge on any atom is 0.163 e. The molecule has 3 nitrogen and oxygen atoms in total. The summed E-state index contributed by atoms with van der Waals surface area (Å²) in [6.07, 6.45) is 7.71. The van der Waals surface area contributed by atoms with E-state index in [2.05, 4.69) is 207 Å². The highest BCUT2D eigenvalue weighted by Crippen LogP contribution is 2.48. The third kappa shape index (κ3) is 7.62. The van der Waals surface area contributed by atoms with Gasteiger partial charge in [0, 0.05) is 22.3 Å². The number of rotatable bonds is 7. The van der Waals surface area contributed by atoms with E-state index in [-0.39, 0.29) is 0 Å². The molecule has 0 atom stereocenters. The lowest BCUT2D eigenvalue weighted by Crippen LogP contribution is -2.55. The molecule has 0 aliphatic carbocycles. The van der Waals surface area contributed by atoms with Crippen LogP contribution < -0.4 is 93.0 Å². The van der Waals surface area contributed by atoms with Crippen LogP contribution in [0.4, 0.5) is 0 Å². The number of benzene rings is 5. The quantitative estimate of drug-likeness (QED) is 0.0693. The summed E-state index contributed by atoms with van der Waals surface area (Å²) in [5, 5.41) is 4.67. The molecule has 0 unspecified atom stereocenters. The van der Waals surface area contributed by atoms with E-state index in [0.717, 1.165) is 89.8 Å². The molecule has 0 aliphatic heterocycles. The average molecular weight is 863 g/mol. The second-order valence-electron chi connectivity index (χ2n) is 20.5. The van der Waals surface area contributed by atoms with E-state index in [4.69, 9.17) is 20.8 Å². The summed E-state index contributed by atoms with van der Waals surface area (Å²) in [6, 6.07) is 13.5. The van der Waals surface area contributed by atoms with Gasteiger partial charge in [-0.15, -0.1) is 50.1 Å². The number of nitrogens with zero attached hydrogens (tertiary/aromatic N) is 2. The van der Waals surface area contributed by atoms with E-state index in [0.29, 0.717) is 0 Å². The molecule has 0 radical (unpaired) electrons. The van der Waals surface area contributed by atoms with Crippen LogP contribution in [0.25, 0.3) is 83.0 Å². The zero-order valence-electron chi connectivity index (χ0n) is 45.6. The van der Waals surface area contributed by atoms with Gasteiger partial charge in [-0.3, -0.25) is 4.98 Å². The topological polar surface area (TPSA) is 38.9 Å². The van der Waals surface area contributed by atoms with Gasteiger partial charge in [0.25, 0.3) is 0 Å². The van der Waals surface area contributed by atoms with Crippen molar-refractivity contribution in [3.8, 4) is 57.2 Å². The molecule has 310 valence electrons. The first kappa shape index (κ1) is 50.3. The highest BCUT2D eigenvalue weighted by molar-refractivity contribution is 6.71. The Morgan fingerprint density at radius 3 is 1.41 bits per heavy atom. The van der Waals surface area contributed by atoms with Crippen LogP contribution in [0, 0.1) is 12.3 Å². The molecule has 0 fully saturated rings. The van der Waals surface area contributed by atoms with Crippen molar-refractivity contribution >= 4 is 296 Å². The summed E-state index contributed by atoms with van der Waals surface area (Å²) < 4.78 is 7.70. The number of aromatic nitrogens is 2. The van der Waals surface area contributed by atoms with Crippen LogP contribution in [0.15, 0.2) is 57.2 Å². The number of allylic oxidation sites excluding steroid dienone is 4. The molecule has 0 saturated carbocycles. The first-order valence-electron chi connectivity index (χ1n) is 24.9. The third-order valence-electron chi connectivity index (χ3n) is 17.6. The van der Waals surface area contributed by atoms with Crippen molar-refractivity contribution in [3.63, 3.8) is 0 Å². The number of pyridine rings is 2. The van der Waals surface area contributed by atoms with Gasteiger partial charge in [-0.25, -0.2) is 4.98 Å². The fourth-order valence-corrected chi connectivity index (χ4v) is 11.5. The molecule has 3 heterocycles. The molecular formula is C45H51B21N2O. The molecule has 0 N–H and O–H groups in total. The van der Waals surface area contributed by atoms with E-state index in [1.54, 1.807) is 0 Å². The minimum Gasteiger partial charge on any atom is -0.454 e. The summed E-state index contributed by atoms with van der Waals surface area (Å²) in [5.41, 5.74) is 35.1. The first-order valence-corrected chi connectivity index (χ1v) is 24.9. The highest BCUT2D eigenvalue weighted by Gasteiger charge is 2.33. The standard InChI is InChI=1S/C45H51B21N2O/c1-2-10(22(48)23(49)15(47)9-46)43-17(18-24(50)32(58)36(62)33(59)25(18)51)16(44(69-43)21-30(56)34(60)37(63)35(61)31(21)57)13-7-8-14(12-6-4-3-5-11(12)13)40-38(64)28(54)19-26(52)27(53)20-29(55)39(65)45(66)68-42(20)41(19)67-40/h1,3-8H,9,46-66H2/b22-10-,23-15-.